The highest BCUT2D eigenvalue weighted by molar-refractivity contribution is 5.91. The minimum atomic E-state index is -0.458. The van der Waals surface area contributed by atoms with Gasteiger partial charge in [-0.25, -0.2) is 0 Å². The van der Waals surface area contributed by atoms with E-state index >= 15 is 0 Å². The van der Waals surface area contributed by atoms with E-state index in [1.165, 1.54) is 11.1 Å². The van der Waals surface area contributed by atoms with Crippen LogP contribution in [0, 0.1) is 12.8 Å². The second-order valence-electron chi connectivity index (χ2n) is 8.20. The maximum atomic E-state index is 12.8. The number of rotatable bonds is 4. The van der Waals surface area contributed by atoms with Crippen molar-refractivity contribution in [1.29, 1.82) is 0 Å². The molecule has 2 atom stereocenters. The van der Waals surface area contributed by atoms with E-state index in [0.717, 1.165) is 11.1 Å². The van der Waals surface area contributed by atoms with E-state index in [2.05, 4.69) is 60.0 Å². The van der Waals surface area contributed by atoms with E-state index in [1.54, 1.807) is 4.90 Å². The first-order chi connectivity index (χ1) is 14.5. The van der Waals surface area contributed by atoms with Gasteiger partial charge in [0.1, 0.15) is 6.04 Å². The number of amides is 3. The van der Waals surface area contributed by atoms with Crippen molar-refractivity contribution in [2.75, 3.05) is 19.6 Å². The molecule has 6 nitrogen and oxygen atoms in total. The molecule has 30 heavy (non-hydrogen) atoms. The van der Waals surface area contributed by atoms with E-state index in [1.807, 2.05) is 6.07 Å². The number of benzene rings is 2. The molecule has 6 heteroatoms. The molecule has 2 aliphatic heterocycles. The van der Waals surface area contributed by atoms with Crippen molar-refractivity contribution < 1.29 is 14.4 Å². The largest absolute Gasteiger partial charge is 0.354 e. The molecule has 2 aliphatic rings. The Morgan fingerprint density at radius 1 is 1.10 bits per heavy atom. The van der Waals surface area contributed by atoms with Crippen LogP contribution in [0.3, 0.4) is 0 Å². The average molecular weight is 405 g/mol. The van der Waals surface area contributed by atoms with Crippen LogP contribution in [-0.2, 0) is 20.8 Å². The van der Waals surface area contributed by atoms with Crippen molar-refractivity contribution in [1.82, 2.24) is 15.5 Å². The van der Waals surface area contributed by atoms with E-state index < -0.39 is 6.04 Å². The van der Waals surface area contributed by atoms with Crippen LogP contribution in [0.2, 0.25) is 0 Å². The first-order valence-electron chi connectivity index (χ1n) is 10.5. The van der Waals surface area contributed by atoms with Crippen LogP contribution >= 0.6 is 0 Å². The Hall–Kier alpha value is -3.15. The van der Waals surface area contributed by atoms with E-state index in [4.69, 9.17) is 0 Å². The van der Waals surface area contributed by atoms with Crippen LogP contribution < -0.4 is 10.6 Å². The summed E-state index contributed by atoms with van der Waals surface area (Å²) in [7, 11) is 0. The summed E-state index contributed by atoms with van der Waals surface area (Å²) in [4.78, 5) is 38.6. The first kappa shape index (κ1) is 20.1. The van der Waals surface area contributed by atoms with Crippen molar-refractivity contribution >= 4 is 17.7 Å². The molecule has 2 N–H and O–H groups in total. The predicted octanol–water partition coefficient (Wildman–Crippen LogP) is 2.06. The average Bonchev–Trinajstić information content (AvgIpc) is 3.10. The molecule has 0 radical (unpaired) electrons. The maximum Gasteiger partial charge on any atom is 0.245 e. The third kappa shape index (κ3) is 4.53. The number of carbonyl (C=O) groups excluding carboxylic acids is 3. The van der Waals surface area contributed by atoms with Crippen molar-refractivity contribution in [2.45, 2.75) is 32.2 Å². The molecule has 156 valence electrons. The fraction of sp³-hybridized carbons (Fsp3) is 0.375. The highest BCUT2D eigenvalue weighted by atomic mass is 16.2. The zero-order valence-corrected chi connectivity index (χ0v) is 17.2. The van der Waals surface area contributed by atoms with Crippen molar-refractivity contribution in [3.63, 3.8) is 0 Å². The number of nitrogens with zero attached hydrogens (tertiary/aromatic N) is 1. The van der Waals surface area contributed by atoms with Gasteiger partial charge in [-0.3, -0.25) is 14.4 Å². The standard InChI is InChI=1S/C24H27N3O3/c1-16-3-2-4-19(13-16)18-7-5-17(6-8-18)14-20-15-27(12-11-25-23(20)29)24(30)21-9-10-22(28)26-21/h2-8,13,20-21H,9-12,14-15H2,1H3,(H,25,29)(H,26,28)/t20-,21-/m0/s1. The maximum absolute atomic E-state index is 12.8. The van der Waals surface area contributed by atoms with Crippen molar-refractivity contribution in [2.24, 2.45) is 5.92 Å². The lowest BCUT2D eigenvalue weighted by Crippen LogP contribution is -2.46. The van der Waals surface area contributed by atoms with Gasteiger partial charge in [0.25, 0.3) is 0 Å². The zero-order chi connectivity index (χ0) is 21.1. The Bertz CT molecular complexity index is 954. The molecule has 0 unspecified atom stereocenters. The van der Waals surface area contributed by atoms with Crippen LogP contribution in [0.15, 0.2) is 48.5 Å². The highest BCUT2D eigenvalue weighted by Crippen LogP contribution is 2.22. The van der Waals surface area contributed by atoms with Gasteiger partial charge in [0.2, 0.25) is 17.7 Å². The summed E-state index contributed by atoms with van der Waals surface area (Å²) in [6.07, 6.45) is 1.49. The monoisotopic (exact) mass is 405 g/mol. The van der Waals surface area contributed by atoms with Crippen LogP contribution in [0.1, 0.15) is 24.0 Å². The van der Waals surface area contributed by atoms with Gasteiger partial charge in [-0.1, -0.05) is 54.1 Å². The lowest BCUT2D eigenvalue weighted by molar-refractivity contribution is -0.135. The van der Waals surface area contributed by atoms with Gasteiger partial charge in [-0.05, 0) is 36.5 Å². The van der Waals surface area contributed by atoms with Gasteiger partial charge in [0.05, 0.1) is 5.92 Å². The van der Waals surface area contributed by atoms with Gasteiger partial charge >= 0.3 is 0 Å². The normalized spacial score (nSPS) is 21.7. The third-order valence-corrected chi connectivity index (χ3v) is 5.89. The number of hydrogen-bond donors (Lipinski definition) is 2. The van der Waals surface area contributed by atoms with E-state index in [9.17, 15) is 14.4 Å². The number of carbonyl (C=O) groups is 3. The van der Waals surface area contributed by atoms with Crippen molar-refractivity contribution in [3.8, 4) is 11.1 Å². The lowest BCUT2D eigenvalue weighted by Gasteiger charge is -2.26. The molecule has 2 aromatic carbocycles. The van der Waals surface area contributed by atoms with Gasteiger partial charge < -0.3 is 15.5 Å². The summed E-state index contributed by atoms with van der Waals surface area (Å²) >= 11 is 0. The molecule has 0 aromatic heterocycles. The number of hydrogen-bond acceptors (Lipinski definition) is 3. The molecule has 2 heterocycles. The molecular formula is C24H27N3O3. The summed E-state index contributed by atoms with van der Waals surface area (Å²) in [5, 5.41) is 5.66. The quantitative estimate of drug-likeness (QED) is 0.817. The number of nitrogens with one attached hydrogen (secondary N) is 2. The minimum absolute atomic E-state index is 0.0245. The molecule has 2 saturated heterocycles. The Labute approximate surface area is 176 Å². The summed E-state index contributed by atoms with van der Waals surface area (Å²) in [5.41, 5.74) is 4.59. The highest BCUT2D eigenvalue weighted by Gasteiger charge is 2.34. The van der Waals surface area contributed by atoms with Crippen molar-refractivity contribution in [3.05, 3.63) is 59.7 Å². The Morgan fingerprint density at radius 2 is 1.90 bits per heavy atom. The second-order valence-corrected chi connectivity index (χ2v) is 8.20. The summed E-state index contributed by atoms with van der Waals surface area (Å²) in [6, 6.07) is 16.2. The summed E-state index contributed by atoms with van der Waals surface area (Å²) in [5.74, 6) is -0.498. The smallest absolute Gasteiger partial charge is 0.245 e. The fourth-order valence-corrected chi connectivity index (χ4v) is 4.22. The van der Waals surface area contributed by atoms with Gasteiger partial charge in [-0.2, -0.15) is 0 Å². The molecule has 3 amide bonds. The summed E-state index contributed by atoms with van der Waals surface area (Å²) in [6.45, 7) is 3.36. The van der Waals surface area contributed by atoms with Crippen LogP contribution in [0.5, 0.6) is 0 Å². The summed E-state index contributed by atoms with van der Waals surface area (Å²) < 4.78 is 0. The van der Waals surface area contributed by atoms with Crippen LogP contribution in [-0.4, -0.2) is 48.3 Å². The molecular weight excluding hydrogens is 378 g/mol. The van der Waals surface area contributed by atoms with E-state index in [-0.39, 0.29) is 23.6 Å². The molecule has 2 fully saturated rings. The second kappa shape index (κ2) is 8.69. The zero-order valence-electron chi connectivity index (χ0n) is 17.2. The van der Waals surface area contributed by atoms with Gasteiger partial charge in [0, 0.05) is 26.1 Å². The van der Waals surface area contributed by atoms with Gasteiger partial charge in [-0.15, -0.1) is 0 Å². The topological polar surface area (TPSA) is 78.5 Å². The molecule has 0 saturated carbocycles. The Balaban J connectivity index is 1.44. The molecule has 2 aromatic rings. The number of aryl methyl sites for hydroxylation is 1. The fourth-order valence-electron chi connectivity index (χ4n) is 4.22. The molecule has 0 spiro atoms. The van der Waals surface area contributed by atoms with Crippen LogP contribution in [0.25, 0.3) is 11.1 Å². The van der Waals surface area contributed by atoms with Crippen LogP contribution in [0.4, 0.5) is 0 Å². The SMILES string of the molecule is Cc1cccc(-c2ccc(C[C@H]3CN(C(=O)[C@@H]4CCC(=O)N4)CCNC3=O)cc2)c1. The molecule has 4 rings (SSSR count). The Kier molecular flexibility index (Phi) is 5.84. The molecule has 0 bridgehead atoms. The Morgan fingerprint density at radius 3 is 2.60 bits per heavy atom. The third-order valence-electron chi connectivity index (χ3n) is 5.89. The van der Waals surface area contributed by atoms with E-state index in [0.29, 0.717) is 38.9 Å². The lowest BCUT2D eigenvalue weighted by atomic mass is 9.95. The first-order valence-corrected chi connectivity index (χ1v) is 10.5. The van der Waals surface area contributed by atoms with Gasteiger partial charge in [0.15, 0.2) is 0 Å². The molecule has 0 aliphatic carbocycles. The minimum Gasteiger partial charge on any atom is -0.354 e. The predicted molar refractivity (Wildman–Crippen MR) is 115 cm³/mol.